The van der Waals surface area contributed by atoms with Crippen molar-refractivity contribution < 1.29 is 19.1 Å². The molecule has 0 bridgehead atoms. The second kappa shape index (κ2) is 11.3. The normalized spacial score (nSPS) is 17.7. The smallest absolute Gasteiger partial charge is 0.250 e. The number of hydrogen-bond donors (Lipinski definition) is 2. The lowest BCUT2D eigenvalue weighted by molar-refractivity contribution is -0.129. The number of hydrogen-bond acceptors (Lipinski definition) is 5. The van der Waals surface area contributed by atoms with Crippen LogP contribution >= 0.6 is 0 Å². The first kappa shape index (κ1) is 24.7. The fourth-order valence-electron chi connectivity index (χ4n) is 4.28. The van der Waals surface area contributed by atoms with Gasteiger partial charge in [0.2, 0.25) is 11.8 Å². The Morgan fingerprint density at radius 3 is 2.66 bits per heavy atom. The van der Waals surface area contributed by atoms with Gasteiger partial charge in [-0.15, -0.1) is 0 Å². The van der Waals surface area contributed by atoms with Crippen molar-refractivity contribution in [2.24, 2.45) is 0 Å². The predicted octanol–water partition coefficient (Wildman–Crippen LogP) is 3.57. The van der Waals surface area contributed by atoms with Crippen molar-refractivity contribution >= 4 is 28.3 Å². The molecule has 0 fully saturated rings. The highest BCUT2D eigenvalue weighted by atomic mass is 16.5. The SMILES string of the molecule is CNC(C)C(=O)NC1CCOCCOc2ccccc2N(Cc2c(C)ccc3ccccc23)C1=O. The third-order valence-corrected chi connectivity index (χ3v) is 6.49. The van der Waals surface area contributed by atoms with Crippen LogP contribution in [0.25, 0.3) is 10.8 Å². The number of likely N-dealkylation sites (N-methyl/N-ethyl adjacent to an activating group) is 1. The summed E-state index contributed by atoms with van der Waals surface area (Å²) in [4.78, 5) is 28.6. The van der Waals surface area contributed by atoms with Gasteiger partial charge in [0, 0.05) is 6.61 Å². The Hall–Kier alpha value is -3.42. The van der Waals surface area contributed by atoms with Gasteiger partial charge in [0.15, 0.2) is 0 Å². The molecule has 1 heterocycles. The minimum Gasteiger partial charge on any atom is -0.489 e. The van der Waals surface area contributed by atoms with Crippen molar-refractivity contribution in [1.29, 1.82) is 0 Å². The van der Waals surface area contributed by atoms with E-state index < -0.39 is 12.1 Å². The number of nitrogens with one attached hydrogen (secondary N) is 2. The lowest BCUT2D eigenvalue weighted by atomic mass is 9.98. The molecule has 2 N–H and O–H groups in total. The summed E-state index contributed by atoms with van der Waals surface area (Å²) in [7, 11) is 1.72. The zero-order valence-corrected chi connectivity index (χ0v) is 20.5. The van der Waals surface area contributed by atoms with E-state index in [9.17, 15) is 9.59 Å². The number of para-hydroxylation sites is 2. The molecule has 4 rings (SSSR count). The van der Waals surface area contributed by atoms with Crippen LogP contribution in [0.1, 0.15) is 24.5 Å². The molecule has 7 nitrogen and oxygen atoms in total. The van der Waals surface area contributed by atoms with Gasteiger partial charge >= 0.3 is 0 Å². The zero-order chi connectivity index (χ0) is 24.8. The highest BCUT2D eigenvalue weighted by Crippen LogP contribution is 2.33. The molecule has 2 atom stereocenters. The standard InChI is InChI=1S/C28H33N3O4/c1-19-12-13-21-8-4-5-9-22(21)23(19)18-31-25-10-6-7-11-26(25)35-17-16-34-15-14-24(28(31)33)30-27(32)20(2)29-3/h4-13,20,24,29H,14-18H2,1-3H3,(H,30,32). The van der Waals surface area contributed by atoms with Crippen molar-refractivity contribution in [3.63, 3.8) is 0 Å². The molecule has 0 aliphatic carbocycles. The molecule has 2 unspecified atom stereocenters. The van der Waals surface area contributed by atoms with E-state index in [4.69, 9.17) is 9.47 Å². The molecule has 0 aromatic heterocycles. The summed E-state index contributed by atoms with van der Waals surface area (Å²) in [5.74, 6) is 0.181. The molecule has 0 saturated carbocycles. The fraction of sp³-hybridized carbons (Fsp3) is 0.357. The number of aryl methyl sites for hydroxylation is 1. The van der Waals surface area contributed by atoms with Crippen molar-refractivity contribution in [1.82, 2.24) is 10.6 Å². The third kappa shape index (κ3) is 5.63. The Kier molecular flexibility index (Phi) is 8.00. The minimum absolute atomic E-state index is 0.199. The van der Waals surface area contributed by atoms with Crippen LogP contribution < -0.4 is 20.3 Å². The number of carbonyl (C=O) groups is 2. The number of benzene rings is 3. The van der Waals surface area contributed by atoms with Gasteiger partial charge in [-0.25, -0.2) is 0 Å². The van der Waals surface area contributed by atoms with Gasteiger partial charge in [-0.1, -0.05) is 48.5 Å². The van der Waals surface area contributed by atoms with E-state index in [1.54, 1.807) is 18.9 Å². The van der Waals surface area contributed by atoms with Gasteiger partial charge in [-0.3, -0.25) is 9.59 Å². The third-order valence-electron chi connectivity index (χ3n) is 6.49. The van der Waals surface area contributed by atoms with Crippen molar-refractivity contribution in [3.05, 3.63) is 71.8 Å². The highest BCUT2D eigenvalue weighted by molar-refractivity contribution is 6.01. The van der Waals surface area contributed by atoms with E-state index in [0.29, 0.717) is 44.2 Å². The maximum Gasteiger partial charge on any atom is 0.250 e. The Bertz CT molecular complexity index is 1200. The highest BCUT2D eigenvalue weighted by Gasteiger charge is 2.30. The number of amides is 2. The quantitative estimate of drug-likeness (QED) is 0.590. The monoisotopic (exact) mass is 475 g/mol. The number of fused-ring (bicyclic) bond motifs is 2. The largest absolute Gasteiger partial charge is 0.489 e. The Labute approximate surface area is 206 Å². The summed E-state index contributed by atoms with van der Waals surface area (Å²) in [6.45, 7) is 5.29. The molecule has 1 aliphatic rings. The zero-order valence-electron chi connectivity index (χ0n) is 20.5. The van der Waals surface area contributed by atoms with Gasteiger partial charge in [0.05, 0.1) is 24.9 Å². The number of ether oxygens (including phenoxy) is 2. The van der Waals surface area contributed by atoms with E-state index in [1.165, 1.54) is 0 Å². The predicted molar refractivity (Wildman–Crippen MR) is 138 cm³/mol. The number of anilines is 1. The van der Waals surface area contributed by atoms with Gasteiger partial charge in [-0.05, 0) is 61.3 Å². The maximum absolute atomic E-state index is 14.1. The molecular formula is C28H33N3O4. The lowest BCUT2D eigenvalue weighted by Gasteiger charge is -2.30. The van der Waals surface area contributed by atoms with E-state index in [2.05, 4.69) is 41.8 Å². The van der Waals surface area contributed by atoms with Crippen LogP contribution in [-0.4, -0.2) is 50.8 Å². The van der Waals surface area contributed by atoms with Crippen molar-refractivity contribution in [3.8, 4) is 5.75 Å². The van der Waals surface area contributed by atoms with Crippen molar-refractivity contribution in [2.45, 2.75) is 38.9 Å². The van der Waals surface area contributed by atoms with E-state index in [0.717, 1.165) is 21.9 Å². The van der Waals surface area contributed by atoms with Gasteiger partial charge in [0.25, 0.3) is 0 Å². The Morgan fingerprint density at radius 1 is 1.06 bits per heavy atom. The summed E-state index contributed by atoms with van der Waals surface area (Å²) in [5, 5.41) is 8.09. The fourth-order valence-corrected chi connectivity index (χ4v) is 4.28. The lowest BCUT2D eigenvalue weighted by Crippen LogP contribution is -2.53. The molecule has 1 aliphatic heterocycles. The van der Waals surface area contributed by atoms with E-state index in [1.807, 2.05) is 36.4 Å². The molecule has 2 amide bonds. The first-order chi connectivity index (χ1) is 17.0. The van der Waals surface area contributed by atoms with Crippen LogP contribution in [0.3, 0.4) is 0 Å². The molecule has 7 heteroatoms. The van der Waals surface area contributed by atoms with Crippen LogP contribution in [0.15, 0.2) is 60.7 Å². The summed E-state index contributed by atoms with van der Waals surface area (Å²) in [6.07, 6.45) is 0.369. The van der Waals surface area contributed by atoms with Gasteiger partial charge in [0.1, 0.15) is 18.4 Å². The van der Waals surface area contributed by atoms with Gasteiger partial charge < -0.3 is 25.0 Å². The average Bonchev–Trinajstić information content (AvgIpc) is 2.91. The van der Waals surface area contributed by atoms with Crippen LogP contribution in [0.2, 0.25) is 0 Å². The second-order valence-electron chi connectivity index (χ2n) is 8.80. The average molecular weight is 476 g/mol. The summed E-state index contributed by atoms with van der Waals surface area (Å²) < 4.78 is 11.7. The van der Waals surface area contributed by atoms with E-state index in [-0.39, 0.29) is 11.8 Å². The summed E-state index contributed by atoms with van der Waals surface area (Å²) >= 11 is 0. The van der Waals surface area contributed by atoms with Crippen LogP contribution in [-0.2, 0) is 20.9 Å². The number of nitrogens with zero attached hydrogens (tertiary/aromatic N) is 1. The van der Waals surface area contributed by atoms with Crippen LogP contribution in [0, 0.1) is 6.92 Å². The maximum atomic E-state index is 14.1. The topological polar surface area (TPSA) is 79.9 Å². The molecule has 0 spiro atoms. The van der Waals surface area contributed by atoms with Crippen LogP contribution in [0.5, 0.6) is 5.75 Å². The Morgan fingerprint density at radius 2 is 1.83 bits per heavy atom. The number of carbonyl (C=O) groups excluding carboxylic acids is 2. The Balaban J connectivity index is 1.79. The molecule has 35 heavy (non-hydrogen) atoms. The first-order valence-electron chi connectivity index (χ1n) is 12.1. The summed E-state index contributed by atoms with van der Waals surface area (Å²) in [5.41, 5.74) is 2.83. The van der Waals surface area contributed by atoms with E-state index >= 15 is 0 Å². The molecule has 0 saturated heterocycles. The van der Waals surface area contributed by atoms with Crippen LogP contribution in [0.4, 0.5) is 5.69 Å². The second-order valence-corrected chi connectivity index (χ2v) is 8.80. The molecule has 0 radical (unpaired) electrons. The molecular weight excluding hydrogens is 442 g/mol. The summed E-state index contributed by atoms with van der Waals surface area (Å²) in [6, 6.07) is 18.7. The van der Waals surface area contributed by atoms with Crippen molar-refractivity contribution in [2.75, 3.05) is 31.8 Å². The molecule has 3 aromatic carbocycles. The minimum atomic E-state index is -0.736. The molecule has 184 valence electrons. The van der Waals surface area contributed by atoms with Gasteiger partial charge in [-0.2, -0.15) is 0 Å². The first-order valence-corrected chi connectivity index (χ1v) is 12.1. The number of rotatable bonds is 5. The molecule has 3 aromatic rings.